The molecular weight excluding hydrogens is 376 g/mol. The van der Waals surface area contributed by atoms with Gasteiger partial charge < -0.3 is 9.64 Å². The number of carbonyl (C=O) groups is 1. The van der Waals surface area contributed by atoms with Crippen LogP contribution in [-0.2, 0) is 10.0 Å². The second-order valence-electron chi connectivity index (χ2n) is 7.12. The van der Waals surface area contributed by atoms with Crippen molar-refractivity contribution < 1.29 is 17.9 Å². The predicted molar refractivity (Wildman–Crippen MR) is 108 cm³/mol. The van der Waals surface area contributed by atoms with E-state index in [9.17, 15) is 13.2 Å². The maximum Gasteiger partial charge on any atom is 0.257 e. The van der Waals surface area contributed by atoms with Gasteiger partial charge in [0.05, 0.1) is 17.6 Å². The van der Waals surface area contributed by atoms with Crippen molar-refractivity contribution in [3.63, 3.8) is 0 Å². The molecule has 2 aromatic carbocycles. The summed E-state index contributed by atoms with van der Waals surface area (Å²) in [6.07, 6.45) is 0. The molecule has 2 aromatic rings. The lowest BCUT2D eigenvalue weighted by atomic mass is 10.1. The first kappa shape index (κ1) is 20.4. The van der Waals surface area contributed by atoms with Gasteiger partial charge >= 0.3 is 0 Å². The number of benzene rings is 2. The van der Waals surface area contributed by atoms with Crippen molar-refractivity contribution in [1.29, 1.82) is 0 Å². The Hall–Kier alpha value is -2.38. The molecule has 0 unspecified atom stereocenters. The molecule has 0 N–H and O–H groups in total. The summed E-state index contributed by atoms with van der Waals surface area (Å²) in [6.45, 7) is 6.85. The second-order valence-corrected chi connectivity index (χ2v) is 9.00. The van der Waals surface area contributed by atoms with Crippen LogP contribution in [0.25, 0.3) is 0 Å². The first-order valence-electron chi connectivity index (χ1n) is 9.26. The third kappa shape index (κ3) is 3.77. The van der Waals surface area contributed by atoms with Gasteiger partial charge in [0.15, 0.2) is 0 Å². The van der Waals surface area contributed by atoms with Gasteiger partial charge in [-0.15, -0.1) is 0 Å². The summed E-state index contributed by atoms with van der Waals surface area (Å²) >= 11 is 0. The average molecular weight is 403 g/mol. The monoisotopic (exact) mass is 402 g/mol. The molecule has 1 aliphatic rings. The van der Waals surface area contributed by atoms with Gasteiger partial charge in [-0.2, -0.15) is 4.31 Å². The smallest absolute Gasteiger partial charge is 0.257 e. The Labute approximate surface area is 166 Å². The molecule has 7 heteroatoms. The van der Waals surface area contributed by atoms with Gasteiger partial charge in [0.2, 0.25) is 10.0 Å². The number of piperazine rings is 1. The fourth-order valence-electron chi connectivity index (χ4n) is 3.83. The summed E-state index contributed by atoms with van der Waals surface area (Å²) in [5.41, 5.74) is 3.04. The molecule has 0 saturated carbocycles. The van der Waals surface area contributed by atoms with Crippen molar-refractivity contribution in [2.75, 3.05) is 33.3 Å². The van der Waals surface area contributed by atoms with Crippen molar-refractivity contribution in [3.8, 4) is 5.75 Å². The zero-order valence-corrected chi connectivity index (χ0v) is 17.5. The van der Waals surface area contributed by atoms with E-state index in [1.807, 2.05) is 39.0 Å². The molecule has 150 valence electrons. The third-order valence-corrected chi connectivity index (χ3v) is 7.27. The molecule has 3 rings (SSSR count). The van der Waals surface area contributed by atoms with Gasteiger partial charge in [0, 0.05) is 26.2 Å². The van der Waals surface area contributed by atoms with E-state index < -0.39 is 10.0 Å². The summed E-state index contributed by atoms with van der Waals surface area (Å²) < 4.78 is 33.1. The number of hydrogen-bond acceptors (Lipinski definition) is 4. The largest absolute Gasteiger partial charge is 0.496 e. The Morgan fingerprint density at radius 3 is 2.11 bits per heavy atom. The van der Waals surface area contributed by atoms with E-state index >= 15 is 0 Å². The minimum absolute atomic E-state index is 0.141. The maximum atomic E-state index is 13.2. The molecule has 6 nitrogen and oxygen atoms in total. The number of rotatable bonds is 4. The first-order chi connectivity index (χ1) is 13.3. The molecule has 0 radical (unpaired) electrons. The lowest BCUT2D eigenvalue weighted by Gasteiger charge is -2.34. The van der Waals surface area contributed by atoms with Crippen LogP contribution >= 0.6 is 0 Å². The summed E-state index contributed by atoms with van der Waals surface area (Å²) in [7, 11) is -2.07. The predicted octanol–water partition coefficient (Wildman–Crippen LogP) is 2.77. The van der Waals surface area contributed by atoms with Gasteiger partial charge in [0.1, 0.15) is 5.75 Å². The Balaban J connectivity index is 1.77. The molecule has 1 heterocycles. The van der Waals surface area contributed by atoms with Gasteiger partial charge in [-0.1, -0.05) is 29.8 Å². The van der Waals surface area contributed by atoms with Gasteiger partial charge in [-0.05, 0) is 44.0 Å². The standard InChI is InChI=1S/C21H26N2O4S/c1-15-13-16(2)20(17(3)14-15)28(25,26)23-11-9-22(10-12-23)21(24)18-7-5-6-8-19(18)27-4/h5-8,13-14H,9-12H2,1-4H3. The quantitative estimate of drug-likeness (QED) is 0.789. The third-order valence-electron chi connectivity index (χ3n) is 5.07. The number of methoxy groups -OCH3 is 1. The summed E-state index contributed by atoms with van der Waals surface area (Å²) in [5, 5.41) is 0. The summed E-state index contributed by atoms with van der Waals surface area (Å²) in [5.74, 6) is 0.380. The number of hydrogen-bond donors (Lipinski definition) is 0. The van der Waals surface area contributed by atoms with E-state index in [4.69, 9.17) is 4.74 Å². The van der Waals surface area contributed by atoms with Crippen LogP contribution in [0.3, 0.4) is 0 Å². The molecule has 0 aromatic heterocycles. The lowest BCUT2D eigenvalue weighted by Crippen LogP contribution is -2.50. The van der Waals surface area contributed by atoms with Crippen LogP contribution in [-0.4, -0.2) is 56.8 Å². The van der Waals surface area contributed by atoms with Crippen LogP contribution in [0.15, 0.2) is 41.3 Å². The van der Waals surface area contributed by atoms with Crippen LogP contribution in [0.5, 0.6) is 5.75 Å². The molecule has 1 aliphatic heterocycles. The normalized spacial score (nSPS) is 15.5. The lowest BCUT2D eigenvalue weighted by molar-refractivity contribution is 0.0694. The Bertz CT molecular complexity index is 970. The Kier molecular flexibility index (Phi) is 5.76. The van der Waals surface area contributed by atoms with E-state index in [1.54, 1.807) is 23.1 Å². The van der Waals surface area contributed by atoms with Crippen molar-refractivity contribution in [1.82, 2.24) is 9.21 Å². The van der Waals surface area contributed by atoms with Crippen LogP contribution in [0.2, 0.25) is 0 Å². The van der Waals surface area contributed by atoms with Crippen LogP contribution in [0.1, 0.15) is 27.0 Å². The molecule has 1 fully saturated rings. The molecule has 1 saturated heterocycles. The molecule has 0 bridgehead atoms. The van der Waals surface area contributed by atoms with Crippen molar-refractivity contribution in [3.05, 3.63) is 58.7 Å². The number of ether oxygens (including phenoxy) is 1. The molecule has 0 spiro atoms. The van der Waals surface area contributed by atoms with Crippen molar-refractivity contribution in [2.45, 2.75) is 25.7 Å². The number of nitrogens with zero attached hydrogens (tertiary/aromatic N) is 2. The van der Waals surface area contributed by atoms with E-state index in [2.05, 4.69) is 0 Å². The number of carbonyl (C=O) groups excluding carboxylic acids is 1. The van der Waals surface area contributed by atoms with E-state index in [0.29, 0.717) is 29.3 Å². The number of para-hydroxylation sites is 1. The fourth-order valence-corrected chi connectivity index (χ4v) is 5.66. The molecule has 0 aliphatic carbocycles. The molecule has 0 atom stereocenters. The molecule has 28 heavy (non-hydrogen) atoms. The number of sulfonamides is 1. The van der Waals surface area contributed by atoms with E-state index in [-0.39, 0.29) is 19.0 Å². The highest BCUT2D eigenvalue weighted by atomic mass is 32.2. The van der Waals surface area contributed by atoms with E-state index in [1.165, 1.54) is 11.4 Å². The zero-order valence-electron chi connectivity index (χ0n) is 16.7. The van der Waals surface area contributed by atoms with Crippen molar-refractivity contribution in [2.24, 2.45) is 0 Å². The highest BCUT2D eigenvalue weighted by Crippen LogP contribution is 2.27. The van der Waals surface area contributed by atoms with Crippen LogP contribution < -0.4 is 4.74 Å². The maximum absolute atomic E-state index is 13.2. The number of aryl methyl sites for hydroxylation is 3. The second kappa shape index (κ2) is 7.93. The zero-order chi connectivity index (χ0) is 20.5. The first-order valence-corrected chi connectivity index (χ1v) is 10.7. The Morgan fingerprint density at radius 1 is 0.964 bits per heavy atom. The average Bonchev–Trinajstić information content (AvgIpc) is 2.66. The minimum Gasteiger partial charge on any atom is -0.496 e. The minimum atomic E-state index is -3.60. The summed E-state index contributed by atoms with van der Waals surface area (Å²) in [6, 6.07) is 10.9. The molecular formula is C21H26N2O4S. The highest BCUT2D eigenvalue weighted by Gasteiger charge is 2.32. The highest BCUT2D eigenvalue weighted by molar-refractivity contribution is 7.89. The SMILES string of the molecule is COc1ccccc1C(=O)N1CCN(S(=O)(=O)c2c(C)cc(C)cc2C)CC1. The van der Waals surface area contributed by atoms with Crippen LogP contribution in [0.4, 0.5) is 0 Å². The number of amides is 1. The molecule has 1 amide bonds. The Morgan fingerprint density at radius 2 is 1.54 bits per heavy atom. The van der Waals surface area contributed by atoms with Gasteiger partial charge in [-0.3, -0.25) is 4.79 Å². The summed E-state index contributed by atoms with van der Waals surface area (Å²) in [4.78, 5) is 14.9. The van der Waals surface area contributed by atoms with Crippen LogP contribution in [0, 0.1) is 20.8 Å². The van der Waals surface area contributed by atoms with Gasteiger partial charge in [-0.25, -0.2) is 8.42 Å². The topological polar surface area (TPSA) is 66.9 Å². The van der Waals surface area contributed by atoms with Gasteiger partial charge in [0.25, 0.3) is 5.91 Å². The fraction of sp³-hybridized carbons (Fsp3) is 0.381. The van der Waals surface area contributed by atoms with E-state index in [0.717, 1.165) is 16.7 Å². The van der Waals surface area contributed by atoms with Crippen molar-refractivity contribution >= 4 is 15.9 Å².